The lowest BCUT2D eigenvalue weighted by Gasteiger charge is -2.27. The number of ether oxygens (including phenoxy) is 1. The Morgan fingerprint density at radius 2 is 1.95 bits per heavy atom. The first-order valence-electron chi connectivity index (χ1n) is 7.46. The van der Waals surface area contributed by atoms with Gasteiger partial charge in [-0.3, -0.25) is 4.39 Å². The Hall–Kier alpha value is -1.45. The van der Waals surface area contributed by atoms with E-state index in [2.05, 4.69) is 10.8 Å². The van der Waals surface area contributed by atoms with Gasteiger partial charge in [0.25, 0.3) is 0 Å². The standard InChI is InChI=1S/C17H21F3O/c18-11-2-1-4-13-7-9-14(10-8-13)15-5-3-6-16(12-15)21-17(19)20/h1,3-6,12-14,17H,2,7-11H2/b4-1+. The summed E-state index contributed by atoms with van der Waals surface area (Å²) in [5, 5.41) is 0. The summed E-state index contributed by atoms with van der Waals surface area (Å²) in [6.07, 6.45) is 8.72. The van der Waals surface area contributed by atoms with E-state index in [4.69, 9.17) is 0 Å². The molecule has 0 heterocycles. The van der Waals surface area contributed by atoms with E-state index in [1.165, 1.54) is 0 Å². The van der Waals surface area contributed by atoms with Gasteiger partial charge in [0.1, 0.15) is 5.75 Å². The third kappa shape index (κ3) is 5.10. The number of rotatable bonds is 6. The fourth-order valence-corrected chi connectivity index (χ4v) is 2.94. The van der Waals surface area contributed by atoms with Gasteiger partial charge in [0.2, 0.25) is 0 Å². The molecule has 1 fully saturated rings. The van der Waals surface area contributed by atoms with E-state index < -0.39 is 6.61 Å². The van der Waals surface area contributed by atoms with Crippen molar-refractivity contribution in [2.45, 2.75) is 44.6 Å². The molecule has 1 aliphatic carbocycles. The zero-order valence-corrected chi connectivity index (χ0v) is 12.0. The topological polar surface area (TPSA) is 9.23 Å². The molecule has 4 heteroatoms. The van der Waals surface area contributed by atoms with Crippen LogP contribution in [-0.2, 0) is 0 Å². The van der Waals surface area contributed by atoms with Gasteiger partial charge in [-0.2, -0.15) is 8.78 Å². The highest BCUT2D eigenvalue weighted by Crippen LogP contribution is 2.37. The second-order valence-electron chi connectivity index (χ2n) is 5.47. The van der Waals surface area contributed by atoms with Gasteiger partial charge in [-0.25, -0.2) is 0 Å². The molecule has 1 saturated carbocycles. The molecule has 1 aliphatic rings. The van der Waals surface area contributed by atoms with Crippen LogP contribution in [0.15, 0.2) is 36.4 Å². The summed E-state index contributed by atoms with van der Waals surface area (Å²) in [4.78, 5) is 0. The van der Waals surface area contributed by atoms with Gasteiger partial charge in [-0.05, 0) is 61.6 Å². The molecule has 0 unspecified atom stereocenters. The molecule has 0 N–H and O–H groups in total. The fourth-order valence-electron chi connectivity index (χ4n) is 2.94. The third-order valence-corrected chi connectivity index (χ3v) is 4.01. The van der Waals surface area contributed by atoms with Crippen molar-refractivity contribution in [3.05, 3.63) is 42.0 Å². The summed E-state index contributed by atoms with van der Waals surface area (Å²) in [5.74, 6) is 1.15. The Morgan fingerprint density at radius 1 is 1.19 bits per heavy atom. The summed E-state index contributed by atoms with van der Waals surface area (Å²) in [5.41, 5.74) is 1.07. The number of benzene rings is 1. The highest BCUT2D eigenvalue weighted by atomic mass is 19.3. The van der Waals surface area contributed by atoms with Crippen LogP contribution in [0.2, 0.25) is 0 Å². The molecule has 2 rings (SSSR count). The third-order valence-electron chi connectivity index (χ3n) is 4.01. The predicted octanol–water partition coefficient (Wildman–Crippen LogP) is 5.48. The highest BCUT2D eigenvalue weighted by Gasteiger charge is 2.21. The van der Waals surface area contributed by atoms with Gasteiger partial charge in [0.05, 0.1) is 6.67 Å². The lowest BCUT2D eigenvalue weighted by molar-refractivity contribution is -0.0499. The molecule has 0 spiro atoms. The number of halogens is 3. The van der Waals surface area contributed by atoms with Gasteiger partial charge in [0.15, 0.2) is 0 Å². The Kier molecular flexibility index (Phi) is 6.15. The molecule has 1 aromatic rings. The number of hydrogen-bond acceptors (Lipinski definition) is 1. The second-order valence-corrected chi connectivity index (χ2v) is 5.47. The van der Waals surface area contributed by atoms with E-state index in [1.807, 2.05) is 12.1 Å². The first-order chi connectivity index (χ1) is 10.2. The molecule has 21 heavy (non-hydrogen) atoms. The Labute approximate surface area is 123 Å². The first kappa shape index (κ1) is 15.9. The fraction of sp³-hybridized carbons (Fsp3) is 0.529. The van der Waals surface area contributed by atoms with Crippen LogP contribution in [0.5, 0.6) is 5.75 Å². The largest absolute Gasteiger partial charge is 0.435 e. The van der Waals surface area contributed by atoms with E-state index in [0.717, 1.165) is 31.2 Å². The number of hydrogen-bond donors (Lipinski definition) is 0. The zero-order chi connectivity index (χ0) is 15.1. The van der Waals surface area contributed by atoms with E-state index >= 15 is 0 Å². The van der Waals surface area contributed by atoms with Crippen LogP contribution in [-0.4, -0.2) is 13.3 Å². The van der Waals surface area contributed by atoms with Gasteiger partial charge in [-0.1, -0.05) is 24.3 Å². The molecule has 0 saturated heterocycles. The van der Waals surface area contributed by atoms with Crippen LogP contribution in [0.4, 0.5) is 13.2 Å². The van der Waals surface area contributed by atoms with Crippen molar-refractivity contribution in [1.82, 2.24) is 0 Å². The lowest BCUT2D eigenvalue weighted by Crippen LogP contribution is -2.12. The minimum Gasteiger partial charge on any atom is -0.435 e. The maximum Gasteiger partial charge on any atom is 0.387 e. The van der Waals surface area contributed by atoms with Crippen LogP contribution in [0.25, 0.3) is 0 Å². The smallest absolute Gasteiger partial charge is 0.387 e. The van der Waals surface area contributed by atoms with Crippen molar-refractivity contribution in [2.75, 3.05) is 6.67 Å². The molecule has 0 aromatic heterocycles. The van der Waals surface area contributed by atoms with Crippen LogP contribution in [0, 0.1) is 5.92 Å². The van der Waals surface area contributed by atoms with Crippen LogP contribution in [0.1, 0.15) is 43.6 Å². The van der Waals surface area contributed by atoms with Crippen molar-refractivity contribution in [3.8, 4) is 5.75 Å². The molecule has 0 aliphatic heterocycles. The maximum absolute atomic E-state index is 12.2. The summed E-state index contributed by atoms with van der Waals surface area (Å²) < 4.78 is 41.0. The monoisotopic (exact) mass is 298 g/mol. The van der Waals surface area contributed by atoms with E-state index in [1.54, 1.807) is 18.2 Å². The quantitative estimate of drug-likeness (QED) is 0.632. The molecule has 0 amide bonds. The van der Waals surface area contributed by atoms with E-state index in [9.17, 15) is 13.2 Å². The van der Waals surface area contributed by atoms with E-state index in [0.29, 0.717) is 18.3 Å². The van der Waals surface area contributed by atoms with E-state index in [-0.39, 0.29) is 12.4 Å². The Morgan fingerprint density at radius 3 is 2.62 bits per heavy atom. The van der Waals surface area contributed by atoms with Crippen LogP contribution >= 0.6 is 0 Å². The van der Waals surface area contributed by atoms with Crippen molar-refractivity contribution < 1.29 is 17.9 Å². The SMILES string of the molecule is FCC/C=C/C1CCC(c2cccc(OC(F)F)c2)CC1. The molecule has 1 nitrogen and oxygen atoms in total. The average molecular weight is 298 g/mol. The van der Waals surface area contributed by atoms with Crippen molar-refractivity contribution in [2.24, 2.45) is 5.92 Å². The van der Waals surface area contributed by atoms with Crippen molar-refractivity contribution in [1.29, 1.82) is 0 Å². The number of alkyl halides is 3. The normalized spacial score (nSPS) is 22.9. The molecule has 0 bridgehead atoms. The van der Waals surface area contributed by atoms with Crippen LogP contribution < -0.4 is 4.74 Å². The predicted molar refractivity (Wildman–Crippen MR) is 77.5 cm³/mol. The summed E-state index contributed by atoms with van der Waals surface area (Å²) in [6, 6.07) is 7.01. The number of allylic oxidation sites excluding steroid dienone is 2. The Balaban J connectivity index is 1.90. The zero-order valence-electron chi connectivity index (χ0n) is 12.0. The molecule has 1 aromatic carbocycles. The van der Waals surface area contributed by atoms with Gasteiger partial charge >= 0.3 is 6.61 Å². The van der Waals surface area contributed by atoms with Gasteiger partial charge < -0.3 is 4.74 Å². The second kappa shape index (κ2) is 8.11. The molecular formula is C17H21F3O. The van der Waals surface area contributed by atoms with Gasteiger partial charge in [0, 0.05) is 0 Å². The molecular weight excluding hydrogens is 277 g/mol. The minimum absolute atomic E-state index is 0.229. The summed E-state index contributed by atoms with van der Waals surface area (Å²) in [7, 11) is 0. The molecule has 116 valence electrons. The average Bonchev–Trinajstić information content (AvgIpc) is 2.48. The van der Waals surface area contributed by atoms with Crippen LogP contribution in [0.3, 0.4) is 0 Å². The minimum atomic E-state index is -2.78. The maximum atomic E-state index is 12.2. The lowest BCUT2D eigenvalue weighted by atomic mass is 9.78. The Bertz CT molecular complexity index is 451. The summed E-state index contributed by atoms with van der Waals surface area (Å²) in [6.45, 7) is -3.08. The molecule has 0 radical (unpaired) electrons. The van der Waals surface area contributed by atoms with Gasteiger partial charge in [-0.15, -0.1) is 0 Å². The van der Waals surface area contributed by atoms with Crippen molar-refractivity contribution in [3.63, 3.8) is 0 Å². The first-order valence-corrected chi connectivity index (χ1v) is 7.46. The summed E-state index contributed by atoms with van der Waals surface area (Å²) >= 11 is 0. The molecule has 0 atom stereocenters. The highest BCUT2D eigenvalue weighted by molar-refractivity contribution is 5.31. The van der Waals surface area contributed by atoms with Crippen molar-refractivity contribution >= 4 is 0 Å².